The molecule has 2 atom stereocenters. The second-order valence-electron chi connectivity index (χ2n) is 1.81. The molecule has 0 fully saturated rings. The van der Waals surface area contributed by atoms with E-state index in [0.29, 0.717) is 0 Å². The van der Waals surface area contributed by atoms with Crippen molar-refractivity contribution in [1.29, 1.82) is 0 Å². The maximum Gasteiger partial charge on any atom is 0.160 e. The normalized spacial score (nSPS) is 16.9. The van der Waals surface area contributed by atoms with Crippen LogP contribution in [-0.2, 0) is 4.79 Å². The summed E-state index contributed by atoms with van der Waals surface area (Å²) < 4.78 is 0. The van der Waals surface area contributed by atoms with Crippen LogP contribution < -0.4 is 0 Å². The Hall–Kier alpha value is -0.450. The fourth-order valence-corrected chi connectivity index (χ4v) is 0.371. The molecule has 0 rings (SSSR count). The predicted octanol–water partition coefficient (Wildman–Crippen LogP) is -1.71. The SMILES string of the molecule is CC(=O)C(O)[C@H](O)CO. The predicted molar refractivity (Wildman–Crippen MR) is 29.8 cm³/mol. The lowest BCUT2D eigenvalue weighted by molar-refractivity contribution is -0.132. The van der Waals surface area contributed by atoms with Gasteiger partial charge < -0.3 is 15.3 Å². The van der Waals surface area contributed by atoms with E-state index >= 15 is 0 Å². The summed E-state index contributed by atoms with van der Waals surface area (Å²) in [4.78, 5) is 10.2. The zero-order chi connectivity index (χ0) is 7.44. The van der Waals surface area contributed by atoms with E-state index in [0.717, 1.165) is 6.92 Å². The van der Waals surface area contributed by atoms with Gasteiger partial charge in [-0.15, -0.1) is 0 Å². The van der Waals surface area contributed by atoms with E-state index in [1.165, 1.54) is 0 Å². The molecule has 0 spiro atoms. The van der Waals surface area contributed by atoms with E-state index < -0.39 is 24.6 Å². The molecule has 0 radical (unpaired) electrons. The third kappa shape index (κ3) is 2.55. The van der Waals surface area contributed by atoms with Crippen molar-refractivity contribution in [3.05, 3.63) is 0 Å². The lowest BCUT2D eigenvalue weighted by Gasteiger charge is -2.10. The standard InChI is InChI=1S/C5H10O4/c1-3(7)5(9)4(8)2-6/h4-6,8-9H,2H2,1H3/t4-,5?/m1/s1. The number of carbonyl (C=O) groups is 1. The van der Waals surface area contributed by atoms with Crippen molar-refractivity contribution in [3.63, 3.8) is 0 Å². The van der Waals surface area contributed by atoms with E-state index in [9.17, 15) is 4.79 Å². The highest BCUT2D eigenvalue weighted by molar-refractivity contribution is 5.80. The van der Waals surface area contributed by atoms with Crippen LogP contribution in [0.15, 0.2) is 0 Å². The van der Waals surface area contributed by atoms with Crippen LogP contribution in [0.3, 0.4) is 0 Å². The Balaban J connectivity index is 3.72. The molecule has 0 aromatic carbocycles. The van der Waals surface area contributed by atoms with Gasteiger partial charge in [0.15, 0.2) is 5.78 Å². The lowest BCUT2D eigenvalue weighted by Crippen LogP contribution is -2.34. The molecule has 0 heterocycles. The van der Waals surface area contributed by atoms with Crippen molar-refractivity contribution < 1.29 is 20.1 Å². The van der Waals surface area contributed by atoms with Gasteiger partial charge in [0.25, 0.3) is 0 Å². The van der Waals surface area contributed by atoms with Gasteiger partial charge >= 0.3 is 0 Å². The Kier molecular flexibility index (Phi) is 3.37. The first-order chi connectivity index (χ1) is 4.09. The van der Waals surface area contributed by atoms with Gasteiger partial charge in [-0.25, -0.2) is 0 Å². The van der Waals surface area contributed by atoms with E-state index in [1.807, 2.05) is 0 Å². The first kappa shape index (κ1) is 8.55. The van der Waals surface area contributed by atoms with Crippen LogP contribution in [0.2, 0.25) is 0 Å². The van der Waals surface area contributed by atoms with Crippen LogP contribution in [0.25, 0.3) is 0 Å². The number of ketones is 1. The number of Topliss-reactive ketones (excluding diaryl/α,β-unsaturated/α-hetero) is 1. The van der Waals surface area contributed by atoms with Crippen LogP contribution >= 0.6 is 0 Å². The summed E-state index contributed by atoms with van der Waals surface area (Å²) in [7, 11) is 0. The van der Waals surface area contributed by atoms with Crippen LogP contribution in [0.4, 0.5) is 0 Å². The molecule has 4 nitrogen and oxygen atoms in total. The number of hydrogen-bond acceptors (Lipinski definition) is 4. The minimum absolute atomic E-state index is 0.545. The van der Waals surface area contributed by atoms with Crippen molar-refractivity contribution in [2.75, 3.05) is 6.61 Å². The zero-order valence-corrected chi connectivity index (χ0v) is 5.11. The molecular weight excluding hydrogens is 124 g/mol. The molecule has 3 N–H and O–H groups in total. The average Bonchev–Trinajstić information content (AvgIpc) is 1.84. The topological polar surface area (TPSA) is 77.8 Å². The molecule has 0 bridgehead atoms. The molecule has 0 aromatic rings. The number of aliphatic hydroxyl groups is 3. The van der Waals surface area contributed by atoms with Gasteiger partial charge in [-0.3, -0.25) is 4.79 Å². The third-order valence-electron chi connectivity index (χ3n) is 0.968. The molecule has 54 valence electrons. The minimum Gasteiger partial charge on any atom is -0.394 e. The molecule has 0 amide bonds. The summed E-state index contributed by atoms with van der Waals surface area (Å²) >= 11 is 0. The molecule has 0 saturated carbocycles. The third-order valence-corrected chi connectivity index (χ3v) is 0.968. The Morgan fingerprint density at radius 2 is 2.00 bits per heavy atom. The van der Waals surface area contributed by atoms with Gasteiger partial charge in [-0.2, -0.15) is 0 Å². The highest BCUT2D eigenvalue weighted by atomic mass is 16.4. The second kappa shape index (κ2) is 3.55. The van der Waals surface area contributed by atoms with E-state index in [1.54, 1.807) is 0 Å². The number of hydrogen-bond donors (Lipinski definition) is 3. The Labute approximate surface area is 52.7 Å². The Morgan fingerprint density at radius 1 is 1.56 bits per heavy atom. The fraction of sp³-hybridized carbons (Fsp3) is 0.800. The largest absolute Gasteiger partial charge is 0.394 e. The molecule has 9 heavy (non-hydrogen) atoms. The maximum absolute atomic E-state index is 10.2. The van der Waals surface area contributed by atoms with Gasteiger partial charge in [-0.05, 0) is 6.92 Å². The fourth-order valence-electron chi connectivity index (χ4n) is 0.371. The summed E-state index contributed by atoms with van der Waals surface area (Å²) in [5.41, 5.74) is 0. The van der Waals surface area contributed by atoms with Crippen LogP contribution in [0.5, 0.6) is 0 Å². The molecule has 0 aliphatic heterocycles. The zero-order valence-electron chi connectivity index (χ0n) is 5.11. The van der Waals surface area contributed by atoms with Crippen molar-refractivity contribution in [2.45, 2.75) is 19.1 Å². The van der Waals surface area contributed by atoms with Gasteiger partial charge in [0.2, 0.25) is 0 Å². The molecule has 0 saturated heterocycles. The second-order valence-corrected chi connectivity index (χ2v) is 1.81. The number of rotatable bonds is 3. The smallest absolute Gasteiger partial charge is 0.160 e. The van der Waals surface area contributed by atoms with E-state index in [2.05, 4.69) is 0 Å². The molecule has 0 aliphatic carbocycles. The van der Waals surface area contributed by atoms with E-state index in [-0.39, 0.29) is 0 Å². The molecule has 0 aromatic heterocycles. The number of aliphatic hydroxyl groups excluding tert-OH is 3. The minimum atomic E-state index is -1.45. The molecule has 0 aliphatic rings. The maximum atomic E-state index is 10.2. The van der Waals surface area contributed by atoms with Crippen LogP contribution in [0.1, 0.15) is 6.92 Å². The van der Waals surface area contributed by atoms with Crippen molar-refractivity contribution in [1.82, 2.24) is 0 Å². The summed E-state index contributed by atoms with van der Waals surface area (Å²) in [5.74, 6) is -0.545. The van der Waals surface area contributed by atoms with Crippen molar-refractivity contribution >= 4 is 5.78 Å². The summed E-state index contributed by atoms with van der Waals surface area (Å²) in [6.45, 7) is 0.546. The summed E-state index contributed by atoms with van der Waals surface area (Å²) in [6, 6.07) is 0. The Bertz CT molecular complexity index is 101. The first-order valence-electron chi connectivity index (χ1n) is 2.57. The first-order valence-corrected chi connectivity index (χ1v) is 2.57. The highest BCUT2D eigenvalue weighted by Gasteiger charge is 2.18. The van der Waals surface area contributed by atoms with Crippen LogP contribution in [-0.4, -0.2) is 39.9 Å². The van der Waals surface area contributed by atoms with Gasteiger partial charge in [0, 0.05) is 0 Å². The average molecular weight is 134 g/mol. The lowest BCUT2D eigenvalue weighted by atomic mass is 10.1. The van der Waals surface area contributed by atoms with Crippen molar-refractivity contribution in [3.8, 4) is 0 Å². The van der Waals surface area contributed by atoms with Gasteiger partial charge in [-0.1, -0.05) is 0 Å². The highest BCUT2D eigenvalue weighted by Crippen LogP contribution is 1.92. The molecule has 1 unspecified atom stereocenters. The van der Waals surface area contributed by atoms with E-state index in [4.69, 9.17) is 15.3 Å². The summed E-state index contributed by atoms with van der Waals surface area (Å²) in [5, 5.41) is 25.4. The quantitative estimate of drug-likeness (QED) is 0.429. The van der Waals surface area contributed by atoms with Gasteiger partial charge in [0.1, 0.15) is 12.2 Å². The Morgan fingerprint density at radius 3 is 2.11 bits per heavy atom. The summed E-state index contributed by atoms with van der Waals surface area (Å²) in [6.07, 6.45) is -2.79. The monoisotopic (exact) mass is 134 g/mol. The van der Waals surface area contributed by atoms with Crippen molar-refractivity contribution in [2.24, 2.45) is 0 Å². The van der Waals surface area contributed by atoms with Crippen LogP contribution in [0, 0.1) is 0 Å². The number of carbonyl (C=O) groups excluding carboxylic acids is 1. The molecular formula is C5H10O4. The molecule has 4 heteroatoms. The van der Waals surface area contributed by atoms with Gasteiger partial charge in [0.05, 0.1) is 6.61 Å².